The minimum absolute atomic E-state index is 0.280. The molecule has 2 aromatic rings. The van der Waals surface area contributed by atoms with Crippen LogP contribution in [0.5, 0.6) is 0 Å². The molecule has 1 N–H and O–H groups in total. The molecule has 0 fully saturated rings. The smallest absolute Gasteiger partial charge is 0.262 e. The molecule has 2 rings (SSSR count). The molecule has 0 spiro atoms. The Morgan fingerprint density at radius 3 is 2.35 bits per heavy atom. The maximum absolute atomic E-state index is 12.4. The molecule has 0 radical (unpaired) electrons. The lowest BCUT2D eigenvalue weighted by atomic mass is 10.2. The zero-order valence-corrected chi connectivity index (χ0v) is 15.5. The fourth-order valence-electron chi connectivity index (χ4n) is 1.73. The first-order valence-electron chi connectivity index (χ1n) is 5.85. The second-order valence-electron chi connectivity index (χ2n) is 4.48. The molecule has 3 nitrogen and oxygen atoms in total. The Morgan fingerprint density at radius 2 is 1.70 bits per heavy atom. The largest absolute Gasteiger partial charge is 0.280 e. The lowest BCUT2D eigenvalue weighted by Crippen LogP contribution is -2.14. The van der Waals surface area contributed by atoms with Crippen LogP contribution in [0, 0.1) is 17.4 Å². The van der Waals surface area contributed by atoms with Crippen LogP contribution < -0.4 is 4.72 Å². The van der Waals surface area contributed by atoms with Gasteiger partial charge in [0.15, 0.2) is 0 Å². The Balaban J connectivity index is 2.40. The number of halogens is 2. The van der Waals surface area contributed by atoms with E-state index < -0.39 is 10.0 Å². The Bertz CT molecular complexity index is 760. The van der Waals surface area contributed by atoms with Crippen molar-refractivity contribution in [2.45, 2.75) is 18.7 Å². The van der Waals surface area contributed by atoms with Gasteiger partial charge in [-0.2, -0.15) is 0 Å². The third-order valence-corrected chi connectivity index (χ3v) is 6.04. The molecular weight excluding hydrogens is 453 g/mol. The van der Waals surface area contributed by atoms with Gasteiger partial charge in [0, 0.05) is 13.7 Å². The second kappa shape index (κ2) is 6.03. The number of benzene rings is 2. The van der Waals surface area contributed by atoms with Crippen LogP contribution in [0.1, 0.15) is 11.1 Å². The van der Waals surface area contributed by atoms with Crippen molar-refractivity contribution in [3.63, 3.8) is 0 Å². The number of hydrogen-bond acceptors (Lipinski definition) is 2. The fourth-order valence-corrected chi connectivity index (χ4v) is 4.08. The lowest BCUT2D eigenvalue weighted by Gasteiger charge is -2.11. The van der Waals surface area contributed by atoms with Crippen molar-refractivity contribution in [3.8, 4) is 0 Å². The monoisotopic (exact) mass is 465 g/mol. The fraction of sp³-hybridized carbons (Fsp3) is 0.143. The average molecular weight is 466 g/mol. The molecule has 106 valence electrons. The van der Waals surface area contributed by atoms with Crippen molar-refractivity contribution in [1.29, 1.82) is 0 Å². The van der Waals surface area contributed by atoms with Gasteiger partial charge < -0.3 is 0 Å². The number of anilines is 1. The van der Waals surface area contributed by atoms with Gasteiger partial charge in [-0.1, -0.05) is 28.1 Å². The summed E-state index contributed by atoms with van der Waals surface area (Å²) in [5, 5.41) is 0. The lowest BCUT2D eigenvalue weighted by molar-refractivity contribution is 0.600. The standard InChI is InChI=1S/C14H13BrINO2S/c1-9-4-6-12(8-13(9)16)17-20(18,19)14-7-11(15)5-3-10(14)2/h3-8,17H,1-2H3. The highest BCUT2D eigenvalue weighted by atomic mass is 127. The number of nitrogens with one attached hydrogen (secondary N) is 1. The van der Waals surface area contributed by atoms with Crippen molar-refractivity contribution in [3.05, 3.63) is 55.6 Å². The molecule has 6 heteroatoms. The molecule has 0 amide bonds. The van der Waals surface area contributed by atoms with E-state index in [4.69, 9.17) is 0 Å². The zero-order chi connectivity index (χ0) is 14.9. The molecular formula is C14H13BrINO2S. The van der Waals surface area contributed by atoms with Crippen LogP contribution in [0.25, 0.3) is 0 Å². The summed E-state index contributed by atoms with van der Waals surface area (Å²) in [5.41, 5.74) is 2.40. The highest BCUT2D eigenvalue weighted by Gasteiger charge is 2.17. The van der Waals surface area contributed by atoms with Crippen LogP contribution in [-0.2, 0) is 10.0 Å². The molecule has 0 aliphatic rings. The maximum atomic E-state index is 12.4. The number of sulfonamides is 1. The quantitative estimate of drug-likeness (QED) is 0.679. The third-order valence-electron chi connectivity index (χ3n) is 2.86. The SMILES string of the molecule is Cc1ccc(NS(=O)(=O)c2cc(Br)ccc2C)cc1I. The minimum Gasteiger partial charge on any atom is -0.280 e. The molecule has 0 aliphatic carbocycles. The van der Waals surface area contributed by atoms with Crippen molar-refractivity contribution < 1.29 is 8.42 Å². The molecule has 0 saturated heterocycles. The molecule has 0 heterocycles. The first-order chi connectivity index (χ1) is 9.29. The Kier molecular flexibility index (Phi) is 4.76. The van der Waals surface area contributed by atoms with Gasteiger partial charge in [0.25, 0.3) is 10.0 Å². The van der Waals surface area contributed by atoms with Gasteiger partial charge in [-0.25, -0.2) is 8.42 Å². The molecule has 0 bridgehead atoms. The summed E-state index contributed by atoms with van der Waals surface area (Å²) in [6.07, 6.45) is 0. The molecule has 0 aromatic heterocycles. The summed E-state index contributed by atoms with van der Waals surface area (Å²) < 4.78 is 29.3. The maximum Gasteiger partial charge on any atom is 0.262 e. The van der Waals surface area contributed by atoms with E-state index >= 15 is 0 Å². The molecule has 0 aliphatic heterocycles. The summed E-state index contributed by atoms with van der Waals surface area (Å²) >= 11 is 5.49. The van der Waals surface area contributed by atoms with Gasteiger partial charge in [-0.3, -0.25) is 4.72 Å². The van der Waals surface area contributed by atoms with Gasteiger partial charge in [0.1, 0.15) is 0 Å². The van der Waals surface area contributed by atoms with E-state index in [1.807, 2.05) is 25.1 Å². The van der Waals surface area contributed by atoms with Gasteiger partial charge in [0.2, 0.25) is 0 Å². The van der Waals surface area contributed by atoms with E-state index in [-0.39, 0.29) is 4.90 Å². The predicted molar refractivity (Wildman–Crippen MR) is 93.6 cm³/mol. The summed E-state index contributed by atoms with van der Waals surface area (Å²) in [6.45, 7) is 3.76. The number of rotatable bonds is 3. The van der Waals surface area contributed by atoms with Gasteiger partial charge in [0.05, 0.1) is 4.90 Å². The Morgan fingerprint density at radius 1 is 1.05 bits per heavy atom. The van der Waals surface area contributed by atoms with E-state index in [0.717, 1.165) is 13.6 Å². The van der Waals surface area contributed by atoms with E-state index in [2.05, 4.69) is 43.2 Å². The minimum atomic E-state index is -3.58. The zero-order valence-electron chi connectivity index (χ0n) is 10.9. The first kappa shape index (κ1) is 15.8. The normalized spacial score (nSPS) is 11.4. The van der Waals surface area contributed by atoms with Crippen molar-refractivity contribution in [2.75, 3.05) is 4.72 Å². The molecule has 20 heavy (non-hydrogen) atoms. The van der Waals surface area contributed by atoms with Crippen LogP contribution in [0.4, 0.5) is 5.69 Å². The highest BCUT2D eigenvalue weighted by molar-refractivity contribution is 14.1. The summed E-state index contributed by atoms with van der Waals surface area (Å²) in [4.78, 5) is 0.280. The van der Waals surface area contributed by atoms with Crippen LogP contribution in [0.2, 0.25) is 0 Å². The summed E-state index contributed by atoms with van der Waals surface area (Å²) in [6, 6.07) is 10.7. The van der Waals surface area contributed by atoms with E-state index in [0.29, 0.717) is 11.3 Å². The summed E-state index contributed by atoms with van der Waals surface area (Å²) in [5.74, 6) is 0. The van der Waals surface area contributed by atoms with E-state index in [1.165, 1.54) is 0 Å². The Hall–Kier alpha value is -0.600. The van der Waals surface area contributed by atoms with E-state index in [1.54, 1.807) is 25.1 Å². The van der Waals surface area contributed by atoms with Crippen LogP contribution in [0.15, 0.2) is 45.8 Å². The predicted octanol–water partition coefficient (Wildman–Crippen LogP) is 4.47. The van der Waals surface area contributed by atoms with E-state index in [9.17, 15) is 8.42 Å². The average Bonchev–Trinajstić information content (AvgIpc) is 2.36. The van der Waals surface area contributed by atoms with Crippen LogP contribution in [0.3, 0.4) is 0 Å². The van der Waals surface area contributed by atoms with Gasteiger partial charge in [-0.15, -0.1) is 0 Å². The first-order valence-corrected chi connectivity index (χ1v) is 9.20. The van der Waals surface area contributed by atoms with Crippen LogP contribution in [-0.4, -0.2) is 8.42 Å². The topological polar surface area (TPSA) is 46.2 Å². The van der Waals surface area contributed by atoms with Crippen LogP contribution >= 0.6 is 38.5 Å². The van der Waals surface area contributed by atoms with Crippen molar-refractivity contribution in [1.82, 2.24) is 0 Å². The summed E-state index contributed by atoms with van der Waals surface area (Å²) in [7, 11) is -3.58. The third kappa shape index (κ3) is 3.53. The second-order valence-corrected chi connectivity index (χ2v) is 8.21. The van der Waals surface area contributed by atoms with Crippen molar-refractivity contribution >= 4 is 54.2 Å². The molecule has 0 saturated carbocycles. The number of hydrogen-bond donors (Lipinski definition) is 1. The van der Waals surface area contributed by atoms with Gasteiger partial charge >= 0.3 is 0 Å². The molecule has 2 aromatic carbocycles. The highest BCUT2D eigenvalue weighted by Crippen LogP contribution is 2.24. The Labute approximate surface area is 141 Å². The van der Waals surface area contributed by atoms with Gasteiger partial charge in [-0.05, 0) is 71.8 Å². The molecule has 0 atom stereocenters. The number of aryl methyl sites for hydroxylation is 2. The molecule has 0 unspecified atom stereocenters. The van der Waals surface area contributed by atoms with Crippen molar-refractivity contribution in [2.24, 2.45) is 0 Å².